The molecule has 2 amide bonds. The molecule has 0 radical (unpaired) electrons. The zero-order valence-electron chi connectivity index (χ0n) is 13.2. The molecule has 0 spiro atoms. The van der Waals surface area contributed by atoms with Crippen molar-refractivity contribution in [2.75, 3.05) is 6.54 Å². The van der Waals surface area contributed by atoms with Crippen LogP contribution in [-0.2, 0) is 7.05 Å². The quantitative estimate of drug-likeness (QED) is 0.943. The highest BCUT2D eigenvalue weighted by molar-refractivity contribution is 7.10. The first-order valence-electron chi connectivity index (χ1n) is 7.67. The van der Waals surface area contributed by atoms with Crippen molar-refractivity contribution in [1.82, 2.24) is 20.0 Å². The number of rotatable bonds is 3. The van der Waals surface area contributed by atoms with E-state index in [0.717, 1.165) is 30.6 Å². The minimum Gasteiger partial charge on any atom is -0.331 e. The second kappa shape index (κ2) is 6.12. The summed E-state index contributed by atoms with van der Waals surface area (Å²) < 4.78 is 1.84. The van der Waals surface area contributed by atoms with Gasteiger partial charge in [-0.15, -0.1) is 11.3 Å². The molecule has 1 aliphatic rings. The van der Waals surface area contributed by atoms with Crippen LogP contribution in [0.3, 0.4) is 0 Å². The number of nitrogens with zero attached hydrogens (tertiary/aromatic N) is 3. The van der Waals surface area contributed by atoms with Gasteiger partial charge in [0.25, 0.3) is 0 Å². The second-order valence-electron chi connectivity index (χ2n) is 5.85. The summed E-state index contributed by atoms with van der Waals surface area (Å²) in [5.74, 6) is 0. The molecule has 5 nitrogen and oxygen atoms in total. The molecule has 3 rings (SSSR count). The standard InChI is InChI=1S/C16H22N4OS/c1-11(13-10-17-19(3)12(13)2)18-16(21)20-8-4-6-14(20)15-7-5-9-22-15/h5,7,9-11,14H,4,6,8H2,1-3H3,(H,18,21)/t11-,14-/m1/s1. The lowest BCUT2D eigenvalue weighted by Crippen LogP contribution is -2.40. The fourth-order valence-electron chi connectivity index (χ4n) is 3.07. The average molecular weight is 318 g/mol. The molecule has 2 aromatic rings. The predicted molar refractivity (Wildman–Crippen MR) is 87.9 cm³/mol. The smallest absolute Gasteiger partial charge is 0.318 e. The van der Waals surface area contributed by atoms with Gasteiger partial charge in [-0.1, -0.05) is 6.07 Å². The fraction of sp³-hybridized carbons (Fsp3) is 0.500. The fourth-order valence-corrected chi connectivity index (χ4v) is 3.95. The maximum absolute atomic E-state index is 12.6. The van der Waals surface area contributed by atoms with Crippen molar-refractivity contribution in [1.29, 1.82) is 0 Å². The van der Waals surface area contributed by atoms with Gasteiger partial charge < -0.3 is 10.2 Å². The summed E-state index contributed by atoms with van der Waals surface area (Å²) in [5, 5.41) is 9.45. The number of likely N-dealkylation sites (tertiary alicyclic amines) is 1. The molecule has 0 aliphatic carbocycles. The summed E-state index contributed by atoms with van der Waals surface area (Å²) in [4.78, 5) is 15.9. The topological polar surface area (TPSA) is 50.2 Å². The molecule has 2 aromatic heterocycles. The number of aryl methyl sites for hydroxylation is 1. The van der Waals surface area contributed by atoms with Gasteiger partial charge in [0, 0.05) is 29.7 Å². The van der Waals surface area contributed by atoms with Gasteiger partial charge >= 0.3 is 6.03 Å². The van der Waals surface area contributed by atoms with Crippen LogP contribution >= 0.6 is 11.3 Å². The van der Waals surface area contributed by atoms with Gasteiger partial charge in [0.15, 0.2) is 0 Å². The zero-order valence-corrected chi connectivity index (χ0v) is 14.1. The van der Waals surface area contributed by atoms with E-state index in [1.165, 1.54) is 4.88 Å². The van der Waals surface area contributed by atoms with E-state index in [1.54, 1.807) is 11.3 Å². The third-order valence-corrected chi connectivity index (χ3v) is 5.44. The Morgan fingerprint density at radius 2 is 2.36 bits per heavy atom. The Morgan fingerprint density at radius 1 is 1.55 bits per heavy atom. The van der Waals surface area contributed by atoms with Crippen LogP contribution < -0.4 is 5.32 Å². The summed E-state index contributed by atoms with van der Waals surface area (Å²) in [7, 11) is 1.92. The van der Waals surface area contributed by atoms with Gasteiger partial charge in [-0.05, 0) is 38.1 Å². The molecule has 2 atom stereocenters. The van der Waals surface area contributed by atoms with Crippen LogP contribution in [0.15, 0.2) is 23.7 Å². The summed E-state index contributed by atoms with van der Waals surface area (Å²) in [6.07, 6.45) is 3.95. The summed E-state index contributed by atoms with van der Waals surface area (Å²) >= 11 is 1.73. The highest BCUT2D eigenvalue weighted by atomic mass is 32.1. The first-order chi connectivity index (χ1) is 10.6. The molecule has 0 saturated carbocycles. The minimum atomic E-state index is -0.0363. The Morgan fingerprint density at radius 3 is 3.00 bits per heavy atom. The van der Waals surface area contributed by atoms with Crippen LogP contribution in [0.25, 0.3) is 0 Å². The maximum Gasteiger partial charge on any atom is 0.318 e. The Labute approximate surface area is 134 Å². The van der Waals surface area contributed by atoms with Crippen LogP contribution in [0.4, 0.5) is 4.79 Å². The number of urea groups is 1. The zero-order chi connectivity index (χ0) is 15.7. The van der Waals surface area contributed by atoms with Gasteiger partial charge in [0.2, 0.25) is 0 Å². The molecular weight excluding hydrogens is 296 g/mol. The molecule has 0 unspecified atom stereocenters. The van der Waals surface area contributed by atoms with Crippen LogP contribution in [-0.4, -0.2) is 27.3 Å². The number of aromatic nitrogens is 2. The average Bonchev–Trinajstić information content (AvgIpc) is 3.20. The summed E-state index contributed by atoms with van der Waals surface area (Å²) in [6.45, 7) is 4.86. The minimum absolute atomic E-state index is 0.0200. The number of nitrogens with one attached hydrogen (secondary N) is 1. The third-order valence-electron chi connectivity index (χ3n) is 4.46. The molecule has 1 fully saturated rings. The monoisotopic (exact) mass is 318 g/mol. The molecule has 1 saturated heterocycles. The largest absolute Gasteiger partial charge is 0.331 e. The van der Waals surface area contributed by atoms with Gasteiger partial charge in [0.05, 0.1) is 18.3 Å². The molecule has 1 aliphatic heterocycles. The Balaban J connectivity index is 1.70. The lowest BCUT2D eigenvalue weighted by Gasteiger charge is -2.26. The molecule has 22 heavy (non-hydrogen) atoms. The van der Waals surface area contributed by atoms with Gasteiger partial charge in [0.1, 0.15) is 0 Å². The van der Waals surface area contributed by atoms with E-state index in [1.807, 2.05) is 36.7 Å². The summed E-state index contributed by atoms with van der Waals surface area (Å²) in [6, 6.07) is 4.38. The molecule has 0 bridgehead atoms. The number of carbonyl (C=O) groups excluding carboxylic acids is 1. The highest BCUT2D eigenvalue weighted by Gasteiger charge is 2.31. The van der Waals surface area contributed by atoms with Crippen LogP contribution in [0.1, 0.15) is 48.0 Å². The Bertz CT molecular complexity index is 649. The van der Waals surface area contributed by atoms with Crippen molar-refractivity contribution < 1.29 is 4.79 Å². The SMILES string of the molecule is Cc1c([C@@H](C)NC(=O)N2CCC[C@@H]2c2cccs2)cnn1C. The molecule has 118 valence electrons. The second-order valence-corrected chi connectivity index (χ2v) is 6.83. The molecule has 3 heterocycles. The maximum atomic E-state index is 12.6. The highest BCUT2D eigenvalue weighted by Crippen LogP contribution is 2.34. The van der Waals surface area contributed by atoms with Gasteiger partial charge in [-0.3, -0.25) is 4.68 Å². The number of hydrogen-bond donors (Lipinski definition) is 1. The van der Waals surface area contributed by atoms with Crippen molar-refractivity contribution in [3.63, 3.8) is 0 Å². The van der Waals surface area contributed by atoms with E-state index in [9.17, 15) is 4.79 Å². The lowest BCUT2D eigenvalue weighted by atomic mass is 10.1. The van der Waals surface area contributed by atoms with Crippen LogP contribution in [0.2, 0.25) is 0 Å². The molecule has 1 N–H and O–H groups in total. The van der Waals surface area contributed by atoms with Crippen molar-refractivity contribution in [2.45, 2.75) is 38.8 Å². The van der Waals surface area contributed by atoms with Crippen molar-refractivity contribution in [3.05, 3.63) is 39.8 Å². The molecular formula is C16H22N4OS. The van der Waals surface area contributed by atoms with Crippen LogP contribution in [0.5, 0.6) is 0 Å². The normalized spacial score (nSPS) is 19.4. The van der Waals surface area contributed by atoms with E-state index in [-0.39, 0.29) is 18.1 Å². The van der Waals surface area contributed by atoms with Crippen LogP contribution in [0, 0.1) is 6.92 Å². The number of amides is 2. The van der Waals surface area contributed by atoms with Gasteiger partial charge in [-0.25, -0.2) is 4.79 Å². The Kier molecular flexibility index (Phi) is 4.20. The van der Waals surface area contributed by atoms with E-state index in [4.69, 9.17) is 0 Å². The van der Waals surface area contributed by atoms with E-state index >= 15 is 0 Å². The van der Waals surface area contributed by atoms with E-state index in [2.05, 4.69) is 27.9 Å². The number of carbonyl (C=O) groups is 1. The Hall–Kier alpha value is -1.82. The number of thiophene rings is 1. The van der Waals surface area contributed by atoms with E-state index in [0.29, 0.717) is 0 Å². The third kappa shape index (κ3) is 2.75. The predicted octanol–water partition coefficient (Wildman–Crippen LogP) is 3.40. The molecule has 6 heteroatoms. The van der Waals surface area contributed by atoms with E-state index < -0.39 is 0 Å². The van der Waals surface area contributed by atoms with Crippen molar-refractivity contribution in [2.24, 2.45) is 7.05 Å². The van der Waals surface area contributed by atoms with Crippen molar-refractivity contribution >= 4 is 17.4 Å². The molecule has 0 aromatic carbocycles. The number of hydrogen-bond acceptors (Lipinski definition) is 3. The van der Waals surface area contributed by atoms with Gasteiger partial charge in [-0.2, -0.15) is 5.10 Å². The first-order valence-corrected chi connectivity index (χ1v) is 8.55. The first kappa shape index (κ1) is 15.1. The lowest BCUT2D eigenvalue weighted by molar-refractivity contribution is 0.190. The van der Waals surface area contributed by atoms with Crippen molar-refractivity contribution in [3.8, 4) is 0 Å². The summed E-state index contributed by atoms with van der Waals surface area (Å²) in [5.41, 5.74) is 2.16.